The Labute approximate surface area is 223 Å². The number of piperazine rings is 1. The van der Waals surface area contributed by atoms with Crippen LogP contribution in [-0.2, 0) is 11.3 Å². The van der Waals surface area contributed by atoms with E-state index in [1.807, 2.05) is 24.3 Å². The summed E-state index contributed by atoms with van der Waals surface area (Å²) >= 11 is 0. The van der Waals surface area contributed by atoms with Gasteiger partial charge in [0.25, 0.3) is 0 Å². The number of carbonyl (C=O) groups is 2. The number of urea groups is 1. The smallest absolute Gasteiger partial charge is 0.338 e. The zero-order chi connectivity index (χ0) is 25.9. The van der Waals surface area contributed by atoms with Crippen molar-refractivity contribution in [3.8, 4) is 5.69 Å². The molecule has 5 N–H and O–H groups in total. The quantitative estimate of drug-likeness (QED) is 0.521. The minimum Gasteiger partial charge on any atom is -0.338 e. The molecule has 0 unspecified atom stereocenters. The second-order valence-corrected chi connectivity index (χ2v) is 10.2. The van der Waals surface area contributed by atoms with Gasteiger partial charge < -0.3 is 21.3 Å². The summed E-state index contributed by atoms with van der Waals surface area (Å²) < 4.78 is 1.44. The number of halogens is 1. The van der Waals surface area contributed by atoms with E-state index in [0.717, 1.165) is 32.5 Å². The van der Waals surface area contributed by atoms with Crippen LogP contribution in [0.3, 0.4) is 0 Å². The van der Waals surface area contributed by atoms with Crippen LogP contribution in [0.4, 0.5) is 10.6 Å². The Hall–Kier alpha value is -2.99. The monoisotopic (exact) mass is 532 g/mol. The highest BCUT2D eigenvalue weighted by Gasteiger charge is 2.31. The van der Waals surface area contributed by atoms with Crippen molar-refractivity contribution in [2.24, 2.45) is 11.5 Å². The molecule has 12 heteroatoms. The summed E-state index contributed by atoms with van der Waals surface area (Å²) in [5.41, 5.74) is 12.3. The molecule has 2 aliphatic heterocycles. The molecule has 37 heavy (non-hydrogen) atoms. The number of carbonyl (C=O) groups excluding carboxylic acids is 2. The van der Waals surface area contributed by atoms with Crippen LogP contribution >= 0.6 is 12.4 Å². The number of hydrogen-bond acceptors (Lipinski definition) is 7. The van der Waals surface area contributed by atoms with Crippen molar-refractivity contribution < 1.29 is 9.59 Å². The van der Waals surface area contributed by atoms with Gasteiger partial charge in [0.15, 0.2) is 0 Å². The Morgan fingerprint density at radius 3 is 2.16 bits per heavy atom. The summed E-state index contributed by atoms with van der Waals surface area (Å²) in [6.07, 6.45) is 3.64. The number of amides is 3. The molecule has 1 aromatic heterocycles. The second kappa shape index (κ2) is 12.0. The van der Waals surface area contributed by atoms with Crippen molar-refractivity contribution in [2.75, 3.05) is 44.6 Å². The maximum Gasteiger partial charge on any atom is 0.354 e. The van der Waals surface area contributed by atoms with E-state index in [4.69, 9.17) is 11.5 Å². The first kappa shape index (κ1) is 28.6. The van der Waals surface area contributed by atoms with Crippen LogP contribution in [0.2, 0.25) is 0 Å². The van der Waals surface area contributed by atoms with Gasteiger partial charge in [-0.05, 0) is 63.5 Å². The number of aromatic nitrogens is 2. The molecule has 0 spiro atoms. The molecule has 2 saturated heterocycles. The van der Waals surface area contributed by atoms with Gasteiger partial charge in [0, 0.05) is 45.0 Å². The summed E-state index contributed by atoms with van der Waals surface area (Å²) in [6.45, 7) is 7.76. The third-order valence-electron chi connectivity index (χ3n) is 6.70. The first-order chi connectivity index (χ1) is 17.1. The van der Waals surface area contributed by atoms with Gasteiger partial charge in [-0.2, -0.15) is 4.98 Å². The van der Waals surface area contributed by atoms with Crippen molar-refractivity contribution in [1.82, 2.24) is 24.3 Å². The van der Waals surface area contributed by atoms with Crippen LogP contribution in [0.5, 0.6) is 0 Å². The minimum atomic E-state index is -0.944. The first-order valence-electron chi connectivity index (χ1n) is 12.4. The van der Waals surface area contributed by atoms with Crippen molar-refractivity contribution >= 4 is 30.2 Å². The molecule has 11 nitrogen and oxygen atoms in total. The molecule has 0 saturated carbocycles. The second-order valence-electron chi connectivity index (χ2n) is 10.2. The number of hydrogen-bond donors (Lipinski definition) is 3. The fourth-order valence-corrected chi connectivity index (χ4v) is 4.51. The highest BCUT2D eigenvalue weighted by Crippen LogP contribution is 2.15. The topological polar surface area (TPSA) is 143 Å². The van der Waals surface area contributed by atoms with Crippen LogP contribution in [0.1, 0.15) is 32.3 Å². The Bertz CT molecular complexity index is 1130. The summed E-state index contributed by atoms with van der Waals surface area (Å²) in [5.74, 6) is 0.0415. The van der Waals surface area contributed by atoms with Gasteiger partial charge >= 0.3 is 11.7 Å². The number of nitrogens with one attached hydrogen (secondary N) is 1. The van der Waals surface area contributed by atoms with E-state index in [-0.39, 0.29) is 30.2 Å². The number of piperidine rings is 1. The van der Waals surface area contributed by atoms with Gasteiger partial charge in [-0.25, -0.2) is 9.59 Å². The van der Waals surface area contributed by atoms with Crippen LogP contribution in [0.15, 0.2) is 41.3 Å². The largest absolute Gasteiger partial charge is 0.354 e. The molecule has 1 aromatic carbocycles. The standard InChI is InChI=1S/C25H36N8O3.ClH/c1-25(2,27)22(34)31-13-15-32(16-14-31)23(35)28-21-9-12-33(24(36)29-21)20-5-3-18(4-6-20)17-30-10-7-19(26)8-11-30;/h3-6,9,12,19H,7-8,10-11,13-17,26-27H2,1-2H3,(H,28,29,35,36);1H. The maximum absolute atomic E-state index is 12.7. The van der Waals surface area contributed by atoms with Crippen molar-refractivity contribution in [1.29, 1.82) is 0 Å². The van der Waals surface area contributed by atoms with Gasteiger partial charge in [-0.3, -0.25) is 19.6 Å². The molecule has 2 fully saturated rings. The number of anilines is 1. The summed E-state index contributed by atoms with van der Waals surface area (Å²) in [6, 6.07) is 9.37. The predicted octanol–water partition coefficient (Wildman–Crippen LogP) is 0.991. The molecular weight excluding hydrogens is 496 g/mol. The van der Waals surface area contributed by atoms with Crippen LogP contribution < -0.4 is 22.5 Å². The molecule has 0 atom stereocenters. The summed E-state index contributed by atoms with van der Waals surface area (Å²) in [7, 11) is 0. The molecule has 0 bridgehead atoms. The fraction of sp³-hybridized carbons (Fsp3) is 0.520. The number of benzene rings is 1. The molecule has 0 aliphatic carbocycles. The average Bonchev–Trinajstić information content (AvgIpc) is 2.85. The van der Waals surface area contributed by atoms with Crippen molar-refractivity contribution in [3.63, 3.8) is 0 Å². The molecule has 2 aliphatic rings. The summed E-state index contributed by atoms with van der Waals surface area (Å²) in [4.78, 5) is 47.3. The van der Waals surface area contributed by atoms with E-state index in [9.17, 15) is 14.4 Å². The lowest BCUT2D eigenvalue weighted by Gasteiger charge is -2.37. The Morgan fingerprint density at radius 1 is 1.00 bits per heavy atom. The van der Waals surface area contributed by atoms with Crippen LogP contribution in [0.25, 0.3) is 5.69 Å². The molecule has 3 amide bonds. The molecule has 3 heterocycles. The molecule has 2 aromatic rings. The first-order valence-corrected chi connectivity index (χ1v) is 12.4. The fourth-order valence-electron chi connectivity index (χ4n) is 4.51. The van der Waals surface area contributed by atoms with Crippen LogP contribution in [0, 0.1) is 0 Å². The highest BCUT2D eigenvalue weighted by atomic mass is 35.5. The average molecular weight is 533 g/mol. The van der Waals surface area contributed by atoms with Gasteiger partial charge in [0.05, 0.1) is 11.2 Å². The van der Waals surface area contributed by atoms with Gasteiger partial charge in [0.1, 0.15) is 5.82 Å². The zero-order valence-corrected chi connectivity index (χ0v) is 22.2. The SMILES string of the molecule is CC(C)(N)C(=O)N1CCN(C(=O)Nc2ccn(-c3ccc(CN4CCC(N)CC4)cc3)c(=O)n2)CC1.Cl. The Kier molecular flexibility index (Phi) is 9.30. The van der Waals surface area contributed by atoms with Crippen LogP contribution in [-0.4, -0.2) is 87.0 Å². The molecule has 0 radical (unpaired) electrons. The Balaban J connectivity index is 0.00000380. The number of rotatable bonds is 5. The van der Waals surface area contributed by atoms with Gasteiger partial charge in [-0.15, -0.1) is 12.4 Å². The van der Waals surface area contributed by atoms with E-state index in [2.05, 4.69) is 15.2 Å². The lowest BCUT2D eigenvalue weighted by molar-refractivity contribution is -0.137. The third-order valence-corrected chi connectivity index (χ3v) is 6.70. The van der Waals surface area contributed by atoms with E-state index in [1.165, 1.54) is 10.1 Å². The van der Waals surface area contributed by atoms with E-state index >= 15 is 0 Å². The zero-order valence-electron chi connectivity index (χ0n) is 21.4. The van der Waals surface area contributed by atoms with E-state index in [1.54, 1.807) is 35.9 Å². The normalized spacial score (nSPS) is 17.3. The predicted molar refractivity (Wildman–Crippen MR) is 145 cm³/mol. The summed E-state index contributed by atoms with van der Waals surface area (Å²) in [5, 5.41) is 2.68. The van der Waals surface area contributed by atoms with E-state index < -0.39 is 11.2 Å². The lowest BCUT2D eigenvalue weighted by atomic mass is 10.1. The number of nitrogens with two attached hydrogens (primary N) is 2. The van der Waals surface area contributed by atoms with Crippen molar-refractivity contribution in [2.45, 2.75) is 44.8 Å². The van der Waals surface area contributed by atoms with Gasteiger partial charge in [0.2, 0.25) is 5.91 Å². The van der Waals surface area contributed by atoms with Crippen molar-refractivity contribution in [3.05, 3.63) is 52.6 Å². The van der Waals surface area contributed by atoms with Gasteiger partial charge in [-0.1, -0.05) is 12.1 Å². The minimum absolute atomic E-state index is 0. The molecule has 4 rings (SSSR count). The van der Waals surface area contributed by atoms with E-state index in [0.29, 0.717) is 37.9 Å². The third kappa shape index (κ3) is 7.29. The maximum atomic E-state index is 12.7. The highest BCUT2D eigenvalue weighted by molar-refractivity contribution is 5.89. The number of likely N-dealkylation sites (tertiary alicyclic amines) is 1. The Morgan fingerprint density at radius 2 is 1.59 bits per heavy atom. The lowest BCUT2D eigenvalue weighted by Crippen LogP contribution is -2.58. The molecule has 202 valence electrons. The molecular formula is C25H37ClN8O3. The number of nitrogens with zero attached hydrogens (tertiary/aromatic N) is 5.